The van der Waals surface area contributed by atoms with Gasteiger partial charge in [0.2, 0.25) is 0 Å². The molecule has 1 rings (SSSR count). The van der Waals surface area contributed by atoms with E-state index in [-0.39, 0.29) is 0 Å². The van der Waals surface area contributed by atoms with E-state index in [0.29, 0.717) is 6.42 Å². The second-order valence-electron chi connectivity index (χ2n) is 6.62. The Balaban J connectivity index is 2.32. The number of ether oxygens (including phenoxy) is 1. The summed E-state index contributed by atoms with van der Waals surface area (Å²) >= 11 is 0. The topological polar surface area (TPSA) is 75.6 Å². The quantitative estimate of drug-likeness (QED) is 0.785. The zero-order valence-corrected chi connectivity index (χ0v) is 12.8. The van der Waals surface area contributed by atoms with Crippen molar-refractivity contribution in [3.63, 3.8) is 0 Å². The van der Waals surface area contributed by atoms with Gasteiger partial charge in [-0.1, -0.05) is 38.5 Å². The maximum Gasteiger partial charge on any atom is 0.408 e. The zero-order valence-electron chi connectivity index (χ0n) is 12.8. The molecule has 0 aromatic rings. The van der Waals surface area contributed by atoms with Crippen LogP contribution in [0.15, 0.2) is 0 Å². The monoisotopic (exact) mass is 285 g/mol. The van der Waals surface area contributed by atoms with Crippen LogP contribution in [0, 0.1) is 5.92 Å². The number of nitrogens with one attached hydrogen (secondary N) is 1. The molecule has 0 aromatic carbocycles. The Morgan fingerprint density at radius 2 is 1.90 bits per heavy atom. The second-order valence-corrected chi connectivity index (χ2v) is 6.62. The Bertz CT molecular complexity index is 329. The maximum atomic E-state index is 11.6. The summed E-state index contributed by atoms with van der Waals surface area (Å²) in [5.41, 5.74) is -0.614. The molecule has 0 heterocycles. The zero-order chi connectivity index (χ0) is 15.2. The molecule has 2 N–H and O–H groups in total. The molecule has 1 aliphatic rings. The summed E-state index contributed by atoms with van der Waals surface area (Å²) in [7, 11) is 0. The van der Waals surface area contributed by atoms with E-state index in [2.05, 4.69) is 5.32 Å². The van der Waals surface area contributed by atoms with Crippen LogP contribution in [0.25, 0.3) is 0 Å². The Hall–Kier alpha value is -1.26. The van der Waals surface area contributed by atoms with Gasteiger partial charge in [-0.05, 0) is 33.1 Å². The summed E-state index contributed by atoms with van der Waals surface area (Å²) in [4.78, 5) is 22.8. The van der Waals surface area contributed by atoms with E-state index in [9.17, 15) is 9.59 Å². The van der Waals surface area contributed by atoms with Crippen molar-refractivity contribution in [1.29, 1.82) is 0 Å². The van der Waals surface area contributed by atoms with Gasteiger partial charge < -0.3 is 15.2 Å². The molecule has 0 aliphatic heterocycles. The van der Waals surface area contributed by atoms with Gasteiger partial charge in [-0.25, -0.2) is 9.59 Å². The number of hydrogen-bond donors (Lipinski definition) is 2. The van der Waals surface area contributed by atoms with E-state index in [1.807, 2.05) is 0 Å². The largest absolute Gasteiger partial charge is 0.480 e. The summed E-state index contributed by atoms with van der Waals surface area (Å²) in [6.45, 7) is 5.26. The van der Waals surface area contributed by atoms with Crippen molar-refractivity contribution >= 4 is 12.1 Å². The first kappa shape index (κ1) is 16.8. The van der Waals surface area contributed by atoms with Crippen LogP contribution in [0.1, 0.15) is 65.7 Å². The third-order valence-corrected chi connectivity index (χ3v) is 3.57. The molecule has 1 aliphatic carbocycles. The van der Waals surface area contributed by atoms with Gasteiger partial charge in [-0.15, -0.1) is 0 Å². The van der Waals surface area contributed by atoms with E-state index in [0.717, 1.165) is 18.8 Å². The number of rotatable bonds is 6. The lowest BCUT2D eigenvalue weighted by Crippen LogP contribution is -2.43. The standard InChI is InChI=1S/C15H27NO4/c1-15(2,3)20-14(19)16-12(13(17)18)10-6-9-11-7-4-5-8-11/h11-12H,4-10H2,1-3H3,(H,16,19)(H,17,18)/t12-/m0/s1. The highest BCUT2D eigenvalue weighted by Gasteiger charge is 2.24. The summed E-state index contributed by atoms with van der Waals surface area (Å²) in [5.74, 6) is -0.256. The van der Waals surface area contributed by atoms with Crippen LogP contribution in [-0.2, 0) is 9.53 Å². The van der Waals surface area contributed by atoms with Crippen molar-refractivity contribution in [2.75, 3.05) is 0 Å². The van der Waals surface area contributed by atoms with Crippen LogP contribution in [0.3, 0.4) is 0 Å². The number of carbonyl (C=O) groups is 2. The van der Waals surface area contributed by atoms with Gasteiger partial charge in [0.1, 0.15) is 11.6 Å². The predicted octanol–water partition coefficient (Wildman–Crippen LogP) is 3.32. The van der Waals surface area contributed by atoms with Crippen molar-refractivity contribution in [3.05, 3.63) is 0 Å². The van der Waals surface area contributed by atoms with E-state index in [1.54, 1.807) is 20.8 Å². The molecule has 116 valence electrons. The van der Waals surface area contributed by atoms with Gasteiger partial charge in [-0.3, -0.25) is 0 Å². The number of alkyl carbamates (subject to hydrolysis) is 1. The van der Waals surface area contributed by atoms with Gasteiger partial charge >= 0.3 is 12.1 Å². The molecule has 1 amide bonds. The number of amides is 1. The highest BCUT2D eigenvalue weighted by atomic mass is 16.6. The minimum atomic E-state index is -0.998. The molecule has 0 spiro atoms. The van der Waals surface area contributed by atoms with Crippen molar-refractivity contribution in [3.8, 4) is 0 Å². The predicted molar refractivity (Wildman–Crippen MR) is 76.6 cm³/mol. The Morgan fingerprint density at radius 3 is 2.40 bits per heavy atom. The summed E-state index contributed by atoms with van der Waals surface area (Å²) in [5, 5.41) is 11.6. The average Bonchev–Trinajstić information content (AvgIpc) is 2.77. The maximum absolute atomic E-state index is 11.6. The van der Waals surface area contributed by atoms with Crippen LogP contribution >= 0.6 is 0 Å². The van der Waals surface area contributed by atoms with Crippen LogP contribution in [-0.4, -0.2) is 28.8 Å². The van der Waals surface area contributed by atoms with Crippen LogP contribution in [0.4, 0.5) is 4.79 Å². The molecule has 5 heteroatoms. The fourth-order valence-electron chi connectivity index (χ4n) is 2.62. The lowest BCUT2D eigenvalue weighted by Gasteiger charge is -2.22. The van der Waals surface area contributed by atoms with Crippen molar-refractivity contribution in [1.82, 2.24) is 5.32 Å². The molecular weight excluding hydrogens is 258 g/mol. The van der Waals surface area contributed by atoms with Gasteiger partial charge in [0.25, 0.3) is 0 Å². The highest BCUT2D eigenvalue weighted by Crippen LogP contribution is 2.29. The van der Waals surface area contributed by atoms with Gasteiger partial charge in [0, 0.05) is 0 Å². The van der Waals surface area contributed by atoms with Gasteiger partial charge in [0.05, 0.1) is 0 Å². The first-order valence-electron chi connectivity index (χ1n) is 7.50. The van der Waals surface area contributed by atoms with Crippen molar-refractivity contribution < 1.29 is 19.4 Å². The first-order chi connectivity index (χ1) is 9.28. The first-order valence-corrected chi connectivity index (χ1v) is 7.50. The summed E-state index contributed by atoms with van der Waals surface area (Å²) in [6.07, 6.45) is 6.80. The molecule has 0 unspecified atom stereocenters. The molecule has 20 heavy (non-hydrogen) atoms. The molecule has 0 saturated heterocycles. The average molecular weight is 285 g/mol. The smallest absolute Gasteiger partial charge is 0.408 e. The molecule has 1 fully saturated rings. The summed E-state index contributed by atoms with van der Waals surface area (Å²) in [6, 6.07) is -0.855. The number of aliphatic carboxylic acids is 1. The fourth-order valence-corrected chi connectivity index (χ4v) is 2.62. The van der Waals surface area contributed by atoms with Crippen LogP contribution < -0.4 is 5.32 Å². The van der Waals surface area contributed by atoms with Crippen LogP contribution in [0.2, 0.25) is 0 Å². The van der Waals surface area contributed by atoms with E-state index in [4.69, 9.17) is 9.84 Å². The van der Waals surface area contributed by atoms with E-state index in [1.165, 1.54) is 25.7 Å². The SMILES string of the molecule is CC(C)(C)OC(=O)N[C@@H](CCCC1CCCC1)C(=O)O. The molecular formula is C15H27NO4. The normalized spacial score (nSPS) is 17.8. The molecule has 5 nitrogen and oxygen atoms in total. The number of carbonyl (C=O) groups excluding carboxylic acids is 1. The third kappa shape index (κ3) is 6.78. The van der Waals surface area contributed by atoms with Crippen LogP contribution in [0.5, 0.6) is 0 Å². The number of carboxylic acid groups (broad SMARTS) is 1. The fraction of sp³-hybridized carbons (Fsp3) is 0.867. The highest BCUT2D eigenvalue weighted by molar-refractivity contribution is 5.79. The molecule has 0 aromatic heterocycles. The number of hydrogen-bond acceptors (Lipinski definition) is 3. The molecule has 1 saturated carbocycles. The van der Waals surface area contributed by atoms with E-state index < -0.39 is 23.7 Å². The Labute approximate surface area is 121 Å². The van der Waals surface area contributed by atoms with Gasteiger partial charge in [0.15, 0.2) is 0 Å². The van der Waals surface area contributed by atoms with Crippen molar-refractivity contribution in [2.24, 2.45) is 5.92 Å². The summed E-state index contributed by atoms with van der Waals surface area (Å²) < 4.78 is 5.08. The Kier molecular flexibility index (Phi) is 6.30. The minimum absolute atomic E-state index is 0.463. The minimum Gasteiger partial charge on any atom is -0.480 e. The lowest BCUT2D eigenvalue weighted by molar-refractivity contribution is -0.139. The Morgan fingerprint density at radius 1 is 1.30 bits per heavy atom. The molecule has 1 atom stereocenters. The second kappa shape index (κ2) is 7.50. The number of carboxylic acids is 1. The third-order valence-electron chi connectivity index (χ3n) is 3.57. The molecule has 0 bridgehead atoms. The van der Waals surface area contributed by atoms with Gasteiger partial charge in [-0.2, -0.15) is 0 Å². The van der Waals surface area contributed by atoms with Crippen molar-refractivity contribution in [2.45, 2.75) is 77.4 Å². The van der Waals surface area contributed by atoms with E-state index >= 15 is 0 Å². The molecule has 0 radical (unpaired) electrons. The lowest BCUT2D eigenvalue weighted by atomic mass is 9.98.